The molecule has 0 radical (unpaired) electrons. The first kappa shape index (κ1) is 21.5. The number of nitrogens with one attached hydrogen (secondary N) is 2. The summed E-state index contributed by atoms with van der Waals surface area (Å²) in [6.45, 7) is 8.23. The number of allylic oxidation sites excluding steroid dienone is 1. The number of benzene rings is 2. The van der Waals surface area contributed by atoms with E-state index < -0.39 is 0 Å². The molecule has 2 heterocycles. The minimum absolute atomic E-state index is 0.213. The number of hydrogen-bond donors (Lipinski definition) is 2. The molecule has 0 spiro atoms. The number of fused-ring (bicyclic) bond motifs is 1. The SMILES string of the molecule is C=CCn1c(=S)[nH]c2cc(C(=O)NCc3c(C)nn(-c4ccccc4)c3C)ccc2c1=O. The topological polar surface area (TPSA) is 84.7 Å². The predicted molar refractivity (Wildman–Crippen MR) is 128 cm³/mol. The van der Waals surface area contributed by atoms with Crippen LogP contribution in [0.25, 0.3) is 16.6 Å². The molecule has 4 rings (SSSR count). The summed E-state index contributed by atoms with van der Waals surface area (Å²) >= 11 is 5.28. The lowest BCUT2D eigenvalue weighted by atomic mass is 10.1. The van der Waals surface area contributed by atoms with E-state index in [1.54, 1.807) is 24.3 Å². The van der Waals surface area contributed by atoms with Crippen LogP contribution in [0.15, 0.2) is 66.0 Å². The Bertz CT molecular complexity index is 1450. The van der Waals surface area contributed by atoms with Crippen molar-refractivity contribution in [3.63, 3.8) is 0 Å². The third-order valence-corrected chi connectivity index (χ3v) is 5.75. The molecule has 7 nitrogen and oxygen atoms in total. The van der Waals surface area contributed by atoms with Gasteiger partial charge < -0.3 is 10.3 Å². The number of H-pyrrole nitrogens is 1. The molecule has 1 amide bonds. The highest BCUT2D eigenvalue weighted by molar-refractivity contribution is 7.71. The van der Waals surface area contributed by atoms with Crippen molar-refractivity contribution in [1.82, 2.24) is 24.6 Å². The molecule has 0 bridgehead atoms. The summed E-state index contributed by atoms with van der Waals surface area (Å²) in [7, 11) is 0. The van der Waals surface area contributed by atoms with Crippen LogP contribution in [0.1, 0.15) is 27.3 Å². The van der Waals surface area contributed by atoms with Crippen LogP contribution in [0.4, 0.5) is 0 Å². The number of aryl methyl sites for hydroxylation is 1. The van der Waals surface area contributed by atoms with Crippen molar-refractivity contribution < 1.29 is 4.79 Å². The minimum atomic E-state index is -0.243. The maximum absolute atomic E-state index is 12.8. The number of carbonyl (C=O) groups is 1. The van der Waals surface area contributed by atoms with Crippen LogP contribution in [-0.4, -0.2) is 25.2 Å². The van der Waals surface area contributed by atoms with Crippen LogP contribution in [0.5, 0.6) is 0 Å². The first-order valence-corrected chi connectivity index (χ1v) is 10.6. The van der Waals surface area contributed by atoms with Gasteiger partial charge in [-0.25, -0.2) is 4.68 Å². The molecule has 0 unspecified atom stereocenters. The van der Waals surface area contributed by atoms with Crippen molar-refractivity contribution in [3.05, 3.63) is 98.8 Å². The van der Waals surface area contributed by atoms with Gasteiger partial charge in [0.2, 0.25) is 0 Å². The number of hydrogen-bond acceptors (Lipinski definition) is 4. The summed E-state index contributed by atoms with van der Waals surface area (Å²) < 4.78 is 3.60. The largest absolute Gasteiger partial charge is 0.348 e. The molecule has 0 saturated carbocycles. The summed E-state index contributed by atoms with van der Waals surface area (Å²) in [6, 6.07) is 14.8. The lowest BCUT2D eigenvalue weighted by Gasteiger charge is -2.09. The van der Waals surface area contributed by atoms with Gasteiger partial charge in [-0.05, 0) is 56.4 Å². The number of amides is 1. The van der Waals surface area contributed by atoms with Crippen LogP contribution in [-0.2, 0) is 13.1 Å². The maximum atomic E-state index is 12.8. The quantitative estimate of drug-likeness (QED) is 0.347. The molecule has 0 atom stereocenters. The number of para-hydroxylation sites is 1. The monoisotopic (exact) mass is 445 g/mol. The fraction of sp³-hybridized carbons (Fsp3) is 0.167. The van der Waals surface area contributed by atoms with E-state index in [-0.39, 0.29) is 11.5 Å². The summed E-state index contributed by atoms with van der Waals surface area (Å²) in [5.41, 5.74) is 4.52. The Kier molecular flexibility index (Phi) is 5.87. The molecule has 0 aliphatic rings. The van der Waals surface area contributed by atoms with Gasteiger partial charge in [0, 0.05) is 29.9 Å². The van der Waals surface area contributed by atoms with Gasteiger partial charge in [-0.15, -0.1) is 6.58 Å². The molecule has 32 heavy (non-hydrogen) atoms. The second-order valence-corrected chi connectivity index (χ2v) is 7.86. The molecular weight excluding hydrogens is 422 g/mol. The molecule has 2 aromatic heterocycles. The van der Waals surface area contributed by atoms with Crippen molar-refractivity contribution >= 4 is 29.0 Å². The van der Waals surface area contributed by atoms with E-state index in [9.17, 15) is 9.59 Å². The van der Waals surface area contributed by atoms with E-state index in [0.29, 0.717) is 34.3 Å². The Labute approximate surface area is 190 Å². The van der Waals surface area contributed by atoms with E-state index in [2.05, 4.69) is 22.0 Å². The first-order valence-electron chi connectivity index (χ1n) is 10.2. The summed E-state index contributed by atoms with van der Waals surface area (Å²) in [4.78, 5) is 28.5. The zero-order valence-corrected chi connectivity index (χ0v) is 18.7. The Morgan fingerprint density at radius 1 is 1.22 bits per heavy atom. The van der Waals surface area contributed by atoms with Gasteiger partial charge in [0.05, 0.1) is 22.3 Å². The van der Waals surface area contributed by atoms with Gasteiger partial charge in [-0.3, -0.25) is 14.2 Å². The molecule has 2 aromatic carbocycles. The molecule has 4 aromatic rings. The lowest BCUT2D eigenvalue weighted by molar-refractivity contribution is 0.0951. The Morgan fingerprint density at radius 3 is 2.69 bits per heavy atom. The van der Waals surface area contributed by atoms with Gasteiger partial charge in [0.25, 0.3) is 11.5 Å². The summed E-state index contributed by atoms with van der Waals surface area (Å²) in [5, 5.41) is 8.04. The third-order valence-electron chi connectivity index (χ3n) is 5.42. The van der Waals surface area contributed by atoms with E-state index in [4.69, 9.17) is 12.2 Å². The fourth-order valence-corrected chi connectivity index (χ4v) is 3.98. The molecule has 0 aliphatic heterocycles. The van der Waals surface area contributed by atoms with E-state index in [0.717, 1.165) is 22.6 Å². The highest BCUT2D eigenvalue weighted by atomic mass is 32.1. The van der Waals surface area contributed by atoms with Crippen LogP contribution in [0, 0.1) is 18.6 Å². The van der Waals surface area contributed by atoms with Crippen LogP contribution in [0.3, 0.4) is 0 Å². The van der Waals surface area contributed by atoms with Gasteiger partial charge in [0.15, 0.2) is 4.77 Å². The minimum Gasteiger partial charge on any atom is -0.348 e. The van der Waals surface area contributed by atoms with Gasteiger partial charge in [0.1, 0.15) is 0 Å². The molecule has 0 saturated heterocycles. The number of rotatable bonds is 6. The van der Waals surface area contributed by atoms with E-state index >= 15 is 0 Å². The number of aromatic amines is 1. The number of carbonyl (C=O) groups excluding carboxylic acids is 1. The van der Waals surface area contributed by atoms with Gasteiger partial charge in [-0.2, -0.15) is 5.10 Å². The Morgan fingerprint density at radius 2 is 1.97 bits per heavy atom. The van der Waals surface area contributed by atoms with E-state index in [1.165, 1.54) is 4.57 Å². The van der Waals surface area contributed by atoms with Crippen molar-refractivity contribution in [2.75, 3.05) is 0 Å². The molecule has 0 fully saturated rings. The fourth-order valence-electron chi connectivity index (χ4n) is 3.71. The van der Waals surface area contributed by atoms with Crippen molar-refractivity contribution in [2.45, 2.75) is 26.9 Å². The maximum Gasteiger partial charge on any atom is 0.262 e. The Balaban J connectivity index is 1.58. The van der Waals surface area contributed by atoms with Crippen molar-refractivity contribution in [2.24, 2.45) is 0 Å². The lowest BCUT2D eigenvalue weighted by Crippen LogP contribution is -2.24. The zero-order valence-electron chi connectivity index (χ0n) is 17.9. The normalized spacial score (nSPS) is 10.9. The molecular formula is C24H23N5O2S. The van der Waals surface area contributed by atoms with Crippen LogP contribution >= 0.6 is 12.2 Å². The highest BCUT2D eigenvalue weighted by Gasteiger charge is 2.15. The Hall–Kier alpha value is -3.78. The van der Waals surface area contributed by atoms with E-state index in [1.807, 2.05) is 48.9 Å². The van der Waals surface area contributed by atoms with Gasteiger partial charge in [-0.1, -0.05) is 24.3 Å². The zero-order chi connectivity index (χ0) is 22.8. The third kappa shape index (κ3) is 3.92. The van der Waals surface area contributed by atoms with Crippen molar-refractivity contribution in [1.29, 1.82) is 0 Å². The first-order chi connectivity index (χ1) is 15.4. The van der Waals surface area contributed by atoms with Crippen LogP contribution < -0.4 is 10.9 Å². The summed E-state index contributed by atoms with van der Waals surface area (Å²) in [6.07, 6.45) is 1.61. The predicted octanol–water partition coefficient (Wildman–Crippen LogP) is 3.98. The number of nitrogens with zero attached hydrogens (tertiary/aromatic N) is 3. The van der Waals surface area contributed by atoms with Crippen LogP contribution in [0.2, 0.25) is 0 Å². The summed E-state index contributed by atoms with van der Waals surface area (Å²) in [5.74, 6) is -0.243. The average molecular weight is 446 g/mol. The second-order valence-electron chi connectivity index (χ2n) is 7.47. The van der Waals surface area contributed by atoms with Crippen molar-refractivity contribution in [3.8, 4) is 5.69 Å². The average Bonchev–Trinajstić information content (AvgIpc) is 3.08. The smallest absolute Gasteiger partial charge is 0.262 e. The molecule has 8 heteroatoms. The molecule has 0 aliphatic carbocycles. The van der Waals surface area contributed by atoms with Gasteiger partial charge >= 0.3 is 0 Å². The molecule has 2 N–H and O–H groups in total. The highest BCUT2D eigenvalue weighted by Crippen LogP contribution is 2.18. The number of aromatic nitrogens is 4. The second kappa shape index (κ2) is 8.76. The molecule has 162 valence electrons. The standard InChI is InChI=1S/C24H23N5O2S/c1-4-12-28-23(31)19-11-10-17(13-21(19)26-24(28)32)22(30)25-14-20-15(2)27-29(16(20)3)18-8-6-5-7-9-18/h4-11,13H,1,12,14H2,2-3H3,(H,25,30)(H,26,32).